The summed E-state index contributed by atoms with van der Waals surface area (Å²) in [6, 6.07) is 0. The van der Waals surface area contributed by atoms with Crippen LogP contribution in [0.5, 0.6) is 0 Å². The van der Waals surface area contributed by atoms with Crippen molar-refractivity contribution in [1.82, 2.24) is 0 Å². The number of rotatable bonds is 3. The molecule has 6 N–H and O–H groups in total. The Bertz CT molecular complexity index is 149. The van der Waals surface area contributed by atoms with Crippen LogP contribution in [0, 0.1) is 0 Å². The molecule has 0 aromatic heterocycles. The fourth-order valence-electron chi connectivity index (χ4n) is 0.289. The summed E-state index contributed by atoms with van der Waals surface area (Å²) >= 11 is 7.74. The molecule has 0 rings (SSSR count). The molecule has 0 unspecified atom stereocenters. The number of hydrogen-bond donors (Lipinski definition) is 4. The van der Waals surface area contributed by atoms with E-state index in [-0.39, 0.29) is 29.6 Å². The maximum absolute atomic E-state index is 7.56. The summed E-state index contributed by atoms with van der Waals surface area (Å²) in [4.78, 5) is 0. The fraction of sp³-hybridized carbons (Fsp3) is 0.600. The molecule has 0 saturated carbocycles. The van der Waals surface area contributed by atoms with Crippen molar-refractivity contribution in [2.24, 2.45) is 11.5 Å². The first kappa shape index (κ1) is 25.4. The van der Waals surface area contributed by atoms with Gasteiger partial charge in [-0.2, -0.15) is 0 Å². The molecule has 94 valence electrons. The van der Waals surface area contributed by atoms with E-state index in [0.29, 0.717) is 0 Å². The zero-order chi connectivity index (χ0) is 12.9. The van der Waals surface area contributed by atoms with Gasteiger partial charge in [-0.15, -0.1) is 0 Å². The van der Waals surface area contributed by atoms with Crippen LogP contribution in [0.25, 0.3) is 0 Å². The topological polar surface area (TPSA) is 120 Å². The molecule has 0 saturated heterocycles. The van der Waals surface area contributed by atoms with Gasteiger partial charge in [-0.25, -0.2) is 0 Å². The second kappa shape index (κ2) is 20.8. The van der Waals surface area contributed by atoms with E-state index in [0.717, 1.165) is 0 Å². The van der Waals surface area contributed by atoms with Crippen molar-refractivity contribution >= 4 is 73.9 Å². The molecule has 7 nitrogen and oxygen atoms in total. The van der Waals surface area contributed by atoms with Crippen LogP contribution in [-0.2, 0) is 13.3 Å². The molecule has 0 aliphatic carbocycles. The van der Waals surface area contributed by atoms with Crippen molar-refractivity contribution < 1.29 is 23.5 Å². The van der Waals surface area contributed by atoms with Gasteiger partial charge in [0.15, 0.2) is 0 Å². The summed E-state index contributed by atoms with van der Waals surface area (Å²) < 4.78 is 14.2. The van der Waals surface area contributed by atoms with Gasteiger partial charge in [-0.05, 0) is 24.4 Å². The van der Waals surface area contributed by atoms with Crippen molar-refractivity contribution in [3.05, 3.63) is 0 Å². The Kier molecular flexibility index (Phi) is 33.0. The zero-order valence-corrected chi connectivity index (χ0v) is 11.5. The van der Waals surface area contributed by atoms with E-state index in [9.17, 15) is 0 Å². The maximum atomic E-state index is 7.56. The van der Waals surface area contributed by atoms with Gasteiger partial charge in [-0.1, -0.05) is 0 Å². The van der Waals surface area contributed by atoms with E-state index in [1.54, 1.807) is 21.3 Å². The van der Waals surface area contributed by atoms with Crippen molar-refractivity contribution in [2.45, 2.75) is 0 Å². The number of thiocarbonyl (C=S) groups is 2. The molecule has 16 heavy (non-hydrogen) atoms. The number of aliphatic hydroxyl groups is 2. The molecule has 0 radical (unpaired) electrons. The minimum atomic E-state index is -1.67. The SMILES string of the molecule is CO[SiH](OC)OC.NC(O)=S.NC(O)=S.[NaH]. The van der Waals surface area contributed by atoms with Gasteiger partial charge in [0.1, 0.15) is 0 Å². The molecule has 0 bridgehead atoms. The van der Waals surface area contributed by atoms with Crippen LogP contribution in [0.15, 0.2) is 0 Å². The summed E-state index contributed by atoms with van der Waals surface area (Å²) in [6.07, 6.45) is 0. The molecule has 0 aliphatic heterocycles. The molecular weight excluding hydrogens is 283 g/mol. The average molecular weight is 300 g/mol. The molecule has 0 aromatic carbocycles. The second-order valence-corrected chi connectivity index (χ2v) is 4.50. The van der Waals surface area contributed by atoms with E-state index in [2.05, 4.69) is 35.9 Å². The quantitative estimate of drug-likeness (QED) is 0.367. The normalized spacial score (nSPS) is 7.50. The Labute approximate surface area is 129 Å². The Balaban J connectivity index is -0.0000000700. The van der Waals surface area contributed by atoms with Gasteiger partial charge in [0, 0.05) is 21.3 Å². The van der Waals surface area contributed by atoms with Gasteiger partial charge in [0.2, 0.25) is 0 Å². The summed E-state index contributed by atoms with van der Waals surface area (Å²) in [7, 11) is 3.05. The molecule has 0 aromatic rings. The first-order valence-corrected chi connectivity index (χ1v) is 5.60. The van der Waals surface area contributed by atoms with Gasteiger partial charge < -0.3 is 35.0 Å². The van der Waals surface area contributed by atoms with Crippen LogP contribution >= 0.6 is 24.4 Å². The second-order valence-electron chi connectivity index (χ2n) is 1.67. The molecule has 0 heterocycles. The third-order valence-corrected chi connectivity index (χ3v) is 1.73. The fourth-order valence-corrected chi connectivity index (χ4v) is 0.866. The number of nitrogens with two attached hydrogens (primary N) is 2. The molecule has 0 aliphatic rings. The predicted octanol–water partition coefficient (Wildman–Crippen LogP) is -1.43. The summed E-state index contributed by atoms with van der Waals surface area (Å²) in [5.74, 6) is 0. The average Bonchev–Trinajstić information content (AvgIpc) is 2.05. The van der Waals surface area contributed by atoms with Crippen LogP contribution in [-0.4, -0.2) is 81.0 Å². The van der Waals surface area contributed by atoms with E-state index in [1.165, 1.54) is 0 Å². The monoisotopic (exact) mass is 300 g/mol. The van der Waals surface area contributed by atoms with Crippen molar-refractivity contribution in [3.8, 4) is 0 Å². The van der Waals surface area contributed by atoms with E-state index < -0.39 is 19.9 Å². The Morgan fingerprint density at radius 1 is 0.938 bits per heavy atom. The Hall–Kier alpha value is 0.477. The number of hydrogen-bond acceptors (Lipinski definition) is 5. The zero-order valence-electron chi connectivity index (χ0n) is 8.67. The van der Waals surface area contributed by atoms with Gasteiger partial charge in [0.25, 0.3) is 10.3 Å². The third-order valence-electron chi connectivity index (χ3n) is 0.577. The Morgan fingerprint density at radius 3 is 1.06 bits per heavy atom. The summed E-state index contributed by atoms with van der Waals surface area (Å²) in [5, 5.41) is 14.1. The number of aliphatic hydroxyl groups excluding tert-OH is 2. The standard InChI is InChI=1S/C3H10O3Si.2CH3NOS.Na.H/c1-4-7(5-2)6-3;2*2-1(3)4;;/h7H,1-3H3;2*(H3,2,3,4);;. The summed E-state index contributed by atoms with van der Waals surface area (Å²) in [5.41, 5.74) is 8.80. The molecular formula is C5H17N2NaO5S2Si. The van der Waals surface area contributed by atoms with Crippen LogP contribution < -0.4 is 11.5 Å². The van der Waals surface area contributed by atoms with Gasteiger partial charge in [-0.3, -0.25) is 0 Å². The van der Waals surface area contributed by atoms with Crippen LogP contribution in [0.4, 0.5) is 0 Å². The minimum absolute atomic E-state index is 0. The molecule has 0 spiro atoms. The molecule has 0 amide bonds. The summed E-state index contributed by atoms with van der Waals surface area (Å²) in [6.45, 7) is 0. The van der Waals surface area contributed by atoms with Gasteiger partial charge in [0.05, 0.1) is 0 Å². The first-order chi connectivity index (χ1) is 6.81. The predicted molar refractivity (Wildman–Crippen MR) is 74.2 cm³/mol. The third kappa shape index (κ3) is 62.7. The van der Waals surface area contributed by atoms with Gasteiger partial charge >= 0.3 is 39.1 Å². The van der Waals surface area contributed by atoms with Crippen molar-refractivity contribution in [2.75, 3.05) is 21.3 Å². The van der Waals surface area contributed by atoms with E-state index >= 15 is 0 Å². The van der Waals surface area contributed by atoms with Crippen LogP contribution in [0.2, 0.25) is 0 Å². The van der Waals surface area contributed by atoms with Crippen LogP contribution in [0.1, 0.15) is 0 Å². The molecule has 0 atom stereocenters. The first-order valence-electron chi connectivity index (χ1n) is 3.36. The van der Waals surface area contributed by atoms with Crippen molar-refractivity contribution in [3.63, 3.8) is 0 Å². The van der Waals surface area contributed by atoms with E-state index in [1.807, 2.05) is 0 Å². The molecule has 11 heteroatoms. The van der Waals surface area contributed by atoms with Crippen molar-refractivity contribution in [1.29, 1.82) is 0 Å². The van der Waals surface area contributed by atoms with Crippen LogP contribution in [0.3, 0.4) is 0 Å². The van der Waals surface area contributed by atoms with E-state index in [4.69, 9.17) is 23.5 Å². The Morgan fingerprint density at radius 2 is 1.06 bits per heavy atom. The molecule has 0 fully saturated rings.